The summed E-state index contributed by atoms with van der Waals surface area (Å²) in [7, 11) is 0. The van der Waals surface area contributed by atoms with Crippen molar-refractivity contribution in [3.63, 3.8) is 0 Å². The molecule has 2 N–H and O–H groups in total. The van der Waals surface area contributed by atoms with Crippen LogP contribution in [0.3, 0.4) is 0 Å². The number of para-hydroxylation sites is 1. The topological polar surface area (TPSA) is 106 Å². The molecule has 3 aromatic rings. The Morgan fingerprint density at radius 3 is 2.18 bits per heavy atom. The molecule has 1 aliphatic carbocycles. The van der Waals surface area contributed by atoms with Gasteiger partial charge in [-0.3, -0.25) is 9.63 Å². The highest BCUT2D eigenvalue weighted by atomic mass is 16.7. The fourth-order valence-electron chi connectivity index (χ4n) is 4.90. The van der Waals surface area contributed by atoms with E-state index < -0.39 is 30.2 Å². The summed E-state index contributed by atoms with van der Waals surface area (Å²) in [5, 5.41) is 6.81. The largest absolute Gasteiger partial charge is 0.464 e. The number of nitrogens with one attached hydrogen (secondary N) is 2. The minimum absolute atomic E-state index is 0.0724. The summed E-state index contributed by atoms with van der Waals surface area (Å²) in [6, 6.07) is 25.3. The van der Waals surface area contributed by atoms with Crippen LogP contribution < -0.4 is 15.7 Å². The monoisotopic (exact) mass is 515 g/mol. The van der Waals surface area contributed by atoms with Gasteiger partial charge < -0.3 is 20.1 Å². The van der Waals surface area contributed by atoms with Crippen molar-refractivity contribution in [2.24, 2.45) is 0 Å². The van der Waals surface area contributed by atoms with E-state index in [1.54, 1.807) is 6.92 Å². The Kier molecular flexibility index (Phi) is 7.55. The zero-order valence-electron chi connectivity index (χ0n) is 21.0. The van der Waals surface area contributed by atoms with Gasteiger partial charge in [-0.1, -0.05) is 66.7 Å². The summed E-state index contributed by atoms with van der Waals surface area (Å²) in [6.45, 7) is 1.81. The highest BCUT2D eigenvalue weighted by Gasteiger charge is 2.39. The molecule has 2 amide bonds. The Morgan fingerprint density at radius 1 is 0.895 bits per heavy atom. The van der Waals surface area contributed by atoms with E-state index in [1.165, 1.54) is 5.06 Å². The summed E-state index contributed by atoms with van der Waals surface area (Å²) in [5.74, 6) is -1.02. The normalized spacial score (nSPS) is 17.9. The van der Waals surface area contributed by atoms with Crippen LogP contribution in [-0.2, 0) is 23.9 Å². The summed E-state index contributed by atoms with van der Waals surface area (Å²) in [4.78, 5) is 43.2. The number of ether oxygens (including phenoxy) is 2. The van der Waals surface area contributed by atoms with E-state index in [0.29, 0.717) is 5.69 Å². The number of alkyl carbamates (subject to hydrolysis) is 1. The lowest BCUT2D eigenvalue weighted by Crippen LogP contribution is -2.47. The van der Waals surface area contributed by atoms with Gasteiger partial charge >= 0.3 is 12.1 Å². The van der Waals surface area contributed by atoms with Gasteiger partial charge in [0.25, 0.3) is 0 Å². The molecule has 1 fully saturated rings. The van der Waals surface area contributed by atoms with Crippen LogP contribution in [0.25, 0.3) is 11.1 Å². The van der Waals surface area contributed by atoms with Gasteiger partial charge in [0.05, 0.1) is 12.3 Å². The van der Waals surface area contributed by atoms with Crippen molar-refractivity contribution in [1.82, 2.24) is 10.6 Å². The number of rotatable bonds is 8. The van der Waals surface area contributed by atoms with Crippen molar-refractivity contribution in [3.8, 4) is 11.1 Å². The van der Waals surface area contributed by atoms with Gasteiger partial charge in [-0.05, 0) is 41.3 Å². The van der Waals surface area contributed by atoms with Crippen molar-refractivity contribution in [2.75, 3.05) is 24.8 Å². The summed E-state index contributed by atoms with van der Waals surface area (Å²) in [6.07, 6.45) is -1.96. The zero-order chi connectivity index (χ0) is 26.5. The number of benzene rings is 3. The first-order valence-corrected chi connectivity index (χ1v) is 12.6. The molecule has 0 radical (unpaired) electrons. The predicted molar refractivity (Wildman–Crippen MR) is 140 cm³/mol. The molecule has 0 unspecified atom stereocenters. The lowest BCUT2D eigenvalue weighted by atomic mass is 9.98. The Balaban J connectivity index is 1.16. The number of hydroxylamine groups is 1. The van der Waals surface area contributed by atoms with E-state index in [4.69, 9.17) is 14.3 Å². The van der Waals surface area contributed by atoms with Crippen LogP contribution in [0.1, 0.15) is 30.4 Å². The molecule has 0 bridgehead atoms. The SMILES string of the molecule is CCOC(=O)[C@H]1C[C@@H](NC(=O)CNC(=O)OCC2c3ccccc3-c3ccccc32)N(c2ccccc2)O1. The average Bonchev–Trinajstić information content (AvgIpc) is 3.51. The fourth-order valence-corrected chi connectivity index (χ4v) is 4.90. The minimum atomic E-state index is -0.851. The maximum Gasteiger partial charge on any atom is 0.407 e. The third-order valence-corrected chi connectivity index (χ3v) is 6.59. The summed E-state index contributed by atoms with van der Waals surface area (Å²) < 4.78 is 10.6. The van der Waals surface area contributed by atoms with Crippen LogP contribution in [-0.4, -0.2) is 50.0 Å². The highest BCUT2D eigenvalue weighted by Crippen LogP contribution is 2.44. The van der Waals surface area contributed by atoms with Gasteiger partial charge in [0, 0.05) is 12.3 Å². The lowest BCUT2D eigenvalue weighted by molar-refractivity contribution is -0.154. The second-order valence-electron chi connectivity index (χ2n) is 9.01. The first-order chi connectivity index (χ1) is 18.5. The first-order valence-electron chi connectivity index (χ1n) is 12.6. The van der Waals surface area contributed by atoms with E-state index in [2.05, 4.69) is 22.8 Å². The lowest BCUT2D eigenvalue weighted by Gasteiger charge is -2.25. The Hall–Kier alpha value is -4.37. The van der Waals surface area contributed by atoms with Gasteiger partial charge in [0.2, 0.25) is 5.91 Å². The average molecular weight is 516 g/mol. The molecule has 9 nitrogen and oxygen atoms in total. The quantitative estimate of drug-likeness (QED) is 0.440. The third-order valence-electron chi connectivity index (χ3n) is 6.59. The number of anilines is 1. The Morgan fingerprint density at radius 2 is 1.53 bits per heavy atom. The number of carbonyl (C=O) groups excluding carboxylic acids is 3. The molecule has 1 aliphatic heterocycles. The first kappa shape index (κ1) is 25.3. The van der Waals surface area contributed by atoms with Crippen molar-refractivity contribution >= 4 is 23.7 Å². The molecule has 3 aromatic carbocycles. The molecule has 5 rings (SSSR count). The molecule has 0 saturated carbocycles. The van der Waals surface area contributed by atoms with Crippen molar-refractivity contribution in [3.05, 3.63) is 90.0 Å². The fraction of sp³-hybridized carbons (Fsp3) is 0.276. The summed E-state index contributed by atoms with van der Waals surface area (Å²) in [5.41, 5.74) is 5.17. The number of esters is 1. The number of hydrogen-bond acceptors (Lipinski definition) is 7. The van der Waals surface area contributed by atoms with E-state index >= 15 is 0 Å². The molecule has 9 heteroatoms. The molecule has 0 aromatic heterocycles. The summed E-state index contributed by atoms with van der Waals surface area (Å²) >= 11 is 0. The van der Waals surface area contributed by atoms with Crippen LogP contribution in [0.2, 0.25) is 0 Å². The van der Waals surface area contributed by atoms with Crippen molar-refractivity contribution in [2.45, 2.75) is 31.5 Å². The predicted octanol–water partition coefficient (Wildman–Crippen LogP) is 3.74. The van der Waals surface area contributed by atoms with E-state index in [1.807, 2.05) is 66.7 Å². The van der Waals surface area contributed by atoms with Crippen LogP contribution in [0.4, 0.5) is 10.5 Å². The van der Waals surface area contributed by atoms with Gasteiger partial charge in [-0.25, -0.2) is 14.7 Å². The zero-order valence-corrected chi connectivity index (χ0v) is 21.0. The van der Waals surface area contributed by atoms with E-state index in [9.17, 15) is 14.4 Å². The maximum atomic E-state index is 12.7. The standard InChI is InChI=1S/C29H29N3O6/c1-2-36-28(34)25-16-26(32(38-25)19-10-4-3-5-11-19)31-27(33)17-30-29(35)37-18-24-22-14-8-6-12-20(22)21-13-7-9-15-23(21)24/h3-15,24-26H,2,16-18H2,1H3,(H,30,35)(H,31,33)/t25-,26+/m1/s1. The van der Waals surface area contributed by atoms with Crippen molar-refractivity contribution in [1.29, 1.82) is 0 Å². The van der Waals surface area contributed by atoms with Crippen LogP contribution in [0.5, 0.6) is 0 Å². The van der Waals surface area contributed by atoms with Crippen LogP contribution in [0.15, 0.2) is 78.9 Å². The number of nitrogens with zero attached hydrogens (tertiary/aromatic N) is 1. The molecule has 1 saturated heterocycles. The van der Waals surface area contributed by atoms with Crippen LogP contribution in [0, 0.1) is 0 Å². The van der Waals surface area contributed by atoms with Gasteiger partial charge in [0.15, 0.2) is 6.10 Å². The molecular formula is C29H29N3O6. The Labute approximate surface area is 220 Å². The number of fused-ring (bicyclic) bond motifs is 3. The van der Waals surface area contributed by atoms with E-state index in [0.717, 1.165) is 22.3 Å². The van der Waals surface area contributed by atoms with Gasteiger partial charge in [0.1, 0.15) is 19.3 Å². The second-order valence-corrected chi connectivity index (χ2v) is 9.01. The number of carbonyl (C=O) groups is 3. The molecule has 38 heavy (non-hydrogen) atoms. The second kappa shape index (κ2) is 11.4. The molecular weight excluding hydrogens is 486 g/mol. The highest BCUT2D eigenvalue weighted by molar-refractivity contribution is 5.83. The smallest absolute Gasteiger partial charge is 0.407 e. The van der Waals surface area contributed by atoms with Gasteiger partial charge in [-0.2, -0.15) is 0 Å². The molecule has 2 atom stereocenters. The Bertz CT molecular complexity index is 1270. The number of amides is 2. The molecule has 1 heterocycles. The van der Waals surface area contributed by atoms with Gasteiger partial charge in [-0.15, -0.1) is 0 Å². The van der Waals surface area contributed by atoms with E-state index in [-0.39, 0.29) is 32.1 Å². The number of hydrogen-bond donors (Lipinski definition) is 2. The molecule has 0 spiro atoms. The van der Waals surface area contributed by atoms with Crippen LogP contribution >= 0.6 is 0 Å². The molecule has 2 aliphatic rings. The maximum absolute atomic E-state index is 12.7. The third kappa shape index (κ3) is 5.33. The minimum Gasteiger partial charge on any atom is -0.464 e. The molecule has 196 valence electrons. The van der Waals surface area contributed by atoms with Crippen molar-refractivity contribution < 1.29 is 28.7 Å².